The number of rotatable bonds is 3. The molecule has 0 aliphatic heterocycles. The van der Waals surface area contributed by atoms with Gasteiger partial charge >= 0.3 is 5.97 Å². The minimum atomic E-state index is -0.863. The van der Waals surface area contributed by atoms with Crippen LogP contribution in [-0.2, 0) is 10.8 Å². The lowest BCUT2D eigenvalue weighted by Crippen LogP contribution is -2.10. The van der Waals surface area contributed by atoms with E-state index in [-0.39, 0.29) is 10.8 Å². The molecule has 0 fully saturated rings. The zero-order valence-electron chi connectivity index (χ0n) is 20.2. The van der Waals surface area contributed by atoms with Gasteiger partial charge in [0, 0.05) is 9.75 Å². The largest absolute Gasteiger partial charge is 0.477 e. The highest BCUT2D eigenvalue weighted by Crippen LogP contribution is 2.31. The van der Waals surface area contributed by atoms with Gasteiger partial charge in [-0.05, 0) is 56.7 Å². The van der Waals surface area contributed by atoms with Crippen molar-refractivity contribution in [2.75, 3.05) is 0 Å². The molecule has 0 aliphatic rings. The van der Waals surface area contributed by atoms with Gasteiger partial charge in [-0.2, -0.15) is 0 Å². The zero-order valence-corrected chi connectivity index (χ0v) is 21.8. The van der Waals surface area contributed by atoms with Crippen molar-refractivity contribution in [3.8, 4) is 20.9 Å². The van der Waals surface area contributed by atoms with E-state index in [0.717, 1.165) is 10.4 Å². The normalized spacial score (nSPS) is 11.6. The van der Waals surface area contributed by atoms with Crippen LogP contribution in [0, 0.1) is 0 Å². The molecule has 0 radical (unpaired) electrons. The molecule has 0 atom stereocenters. The summed E-state index contributed by atoms with van der Waals surface area (Å²) in [4.78, 5) is 13.6. The average Bonchev–Trinajstić information content (AvgIpc) is 3.46. The monoisotopic (exact) mass is 476 g/mol. The summed E-state index contributed by atoms with van der Waals surface area (Å²) in [5.41, 5.74) is 5.44. The van der Waals surface area contributed by atoms with Crippen molar-refractivity contribution >= 4 is 28.6 Å². The minimum absolute atomic E-state index is 0.139. The van der Waals surface area contributed by atoms with Gasteiger partial charge in [0.05, 0.1) is 0 Å². The predicted octanol–water partition coefficient (Wildman–Crippen LogP) is 9.12. The molecule has 2 aromatic heterocycles. The molecule has 33 heavy (non-hydrogen) atoms. The maximum absolute atomic E-state index is 10.8. The Labute approximate surface area is 205 Å². The van der Waals surface area contributed by atoms with Crippen molar-refractivity contribution < 1.29 is 9.90 Å². The van der Waals surface area contributed by atoms with Crippen LogP contribution in [0.3, 0.4) is 0 Å². The second-order valence-electron chi connectivity index (χ2n) is 10.1. The number of carbonyl (C=O) groups is 1. The molecular weight excluding hydrogens is 444 g/mol. The molecule has 1 N–H and O–H groups in total. The Morgan fingerprint density at radius 1 is 0.667 bits per heavy atom. The maximum atomic E-state index is 10.8. The SMILES string of the molecule is CC(C)(C)c1ccc(-c2ccc(C(=O)O)s2)cc1.CC(C)(C)c1ccc(-c2cccs2)cc1. The Morgan fingerprint density at radius 2 is 1.15 bits per heavy atom. The summed E-state index contributed by atoms with van der Waals surface area (Å²) in [6, 6.07) is 25.0. The van der Waals surface area contributed by atoms with Gasteiger partial charge < -0.3 is 5.11 Å². The molecule has 0 amide bonds. The summed E-state index contributed by atoms with van der Waals surface area (Å²) in [6.07, 6.45) is 0. The second kappa shape index (κ2) is 10.1. The van der Waals surface area contributed by atoms with E-state index in [2.05, 4.69) is 108 Å². The molecular formula is C29H32O2S2. The van der Waals surface area contributed by atoms with Crippen molar-refractivity contribution in [3.05, 3.63) is 94.2 Å². The van der Waals surface area contributed by atoms with Crippen molar-refractivity contribution in [1.82, 2.24) is 0 Å². The lowest BCUT2D eigenvalue weighted by Gasteiger charge is -2.18. The lowest BCUT2D eigenvalue weighted by atomic mass is 9.86. The number of thiophene rings is 2. The summed E-state index contributed by atoms with van der Waals surface area (Å²) < 4.78 is 0. The quantitative estimate of drug-likeness (QED) is 0.320. The average molecular weight is 477 g/mol. The Balaban J connectivity index is 0.000000189. The molecule has 0 spiro atoms. The van der Waals surface area contributed by atoms with E-state index in [9.17, 15) is 4.79 Å². The van der Waals surface area contributed by atoms with Crippen LogP contribution in [0.15, 0.2) is 78.2 Å². The van der Waals surface area contributed by atoms with E-state index < -0.39 is 5.97 Å². The van der Waals surface area contributed by atoms with E-state index in [4.69, 9.17) is 5.11 Å². The molecule has 2 nitrogen and oxygen atoms in total. The van der Waals surface area contributed by atoms with Crippen LogP contribution in [-0.4, -0.2) is 11.1 Å². The van der Waals surface area contributed by atoms with Crippen LogP contribution in [0.4, 0.5) is 0 Å². The smallest absolute Gasteiger partial charge is 0.345 e. The molecule has 2 heterocycles. The van der Waals surface area contributed by atoms with Crippen molar-refractivity contribution in [1.29, 1.82) is 0 Å². The number of hydrogen-bond acceptors (Lipinski definition) is 3. The van der Waals surface area contributed by atoms with Crippen LogP contribution in [0.25, 0.3) is 20.9 Å². The second-order valence-corrected chi connectivity index (χ2v) is 12.1. The molecule has 0 aliphatic carbocycles. The van der Waals surface area contributed by atoms with Crippen LogP contribution in [0.2, 0.25) is 0 Å². The summed E-state index contributed by atoms with van der Waals surface area (Å²) >= 11 is 3.10. The summed E-state index contributed by atoms with van der Waals surface area (Å²) in [7, 11) is 0. The Morgan fingerprint density at radius 3 is 1.52 bits per heavy atom. The molecule has 172 valence electrons. The number of aromatic carboxylic acids is 1. The Bertz CT molecular complexity index is 1170. The van der Waals surface area contributed by atoms with E-state index in [0.29, 0.717) is 4.88 Å². The highest BCUT2D eigenvalue weighted by atomic mass is 32.1. The lowest BCUT2D eigenvalue weighted by molar-refractivity contribution is 0.0702. The van der Waals surface area contributed by atoms with E-state index in [1.807, 2.05) is 6.07 Å². The fourth-order valence-corrected chi connectivity index (χ4v) is 4.90. The fourth-order valence-electron chi connectivity index (χ4n) is 3.32. The van der Waals surface area contributed by atoms with Gasteiger partial charge in [-0.25, -0.2) is 4.79 Å². The molecule has 0 bridgehead atoms. The molecule has 0 saturated carbocycles. The first-order chi connectivity index (χ1) is 15.4. The topological polar surface area (TPSA) is 37.3 Å². The highest BCUT2D eigenvalue weighted by molar-refractivity contribution is 7.17. The zero-order chi connectivity index (χ0) is 24.2. The molecule has 4 rings (SSSR count). The van der Waals surface area contributed by atoms with Crippen molar-refractivity contribution in [2.24, 2.45) is 0 Å². The third-order valence-electron chi connectivity index (χ3n) is 5.41. The van der Waals surface area contributed by atoms with Gasteiger partial charge in [0.1, 0.15) is 4.88 Å². The summed E-state index contributed by atoms with van der Waals surface area (Å²) in [6.45, 7) is 13.3. The van der Waals surface area contributed by atoms with E-state index in [1.54, 1.807) is 17.4 Å². The molecule has 2 aromatic carbocycles. The van der Waals surface area contributed by atoms with Crippen LogP contribution < -0.4 is 0 Å². The van der Waals surface area contributed by atoms with E-state index in [1.165, 1.54) is 32.9 Å². The number of carboxylic acids is 1. The Hall–Kier alpha value is -2.69. The summed E-state index contributed by atoms with van der Waals surface area (Å²) in [5.74, 6) is -0.863. The molecule has 4 heteroatoms. The number of hydrogen-bond donors (Lipinski definition) is 1. The molecule has 0 saturated heterocycles. The summed E-state index contributed by atoms with van der Waals surface area (Å²) in [5, 5.41) is 11.0. The van der Waals surface area contributed by atoms with Crippen LogP contribution >= 0.6 is 22.7 Å². The maximum Gasteiger partial charge on any atom is 0.345 e. The third kappa shape index (κ3) is 6.66. The van der Waals surface area contributed by atoms with Crippen molar-refractivity contribution in [2.45, 2.75) is 52.4 Å². The number of benzene rings is 2. The van der Waals surface area contributed by atoms with Gasteiger partial charge in [-0.3, -0.25) is 0 Å². The highest BCUT2D eigenvalue weighted by Gasteiger charge is 2.14. The predicted molar refractivity (Wildman–Crippen MR) is 144 cm³/mol. The van der Waals surface area contributed by atoms with E-state index >= 15 is 0 Å². The third-order valence-corrected chi connectivity index (χ3v) is 7.45. The van der Waals surface area contributed by atoms with Crippen LogP contribution in [0.5, 0.6) is 0 Å². The molecule has 4 aromatic rings. The minimum Gasteiger partial charge on any atom is -0.477 e. The van der Waals surface area contributed by atoms with Crippen molar-refractivity contribution in [3.63, 3.8) is 0 Å². The van der Waals surface area contributed by atoms with Gasteiger partial charge in [-0.1, -0.05) is 96.1 Å². The van der Waals surface area contributed by atoms with Gasteiger partial charge in [0.15, 0.2) is 0 Å². The first-order valence-electron chi connectivity index (χ1n) is 11.0. The molecule has 0 unspecified atom stereocenters. The first-order valence-corrected chi connectivity index (χ1v) is 12.7. The first kappa shape index (κ1) is 24.9. The number of carboxylic acid groups (broad SMARTS) is 1. The fraction of sp³-hybridized carbons (Fsp3) is 0.276. The van der Waals surface area contributed by atoms with Gasteiger partial charge in [0.2, 0.25) is 0 Å². The van der Waals surface area contributed by atoms with Gasteiger partial charge in [-0.15, -0.1) is 22.7 Å². The van der Waals surface area contributed by atoms with Gasteiger partial charge in [0.25, 0.3) is 0 Å². The standard InChI is InChI=1S/C15H16O2S.C14H16S/c1-15(2,3)11-6-4-10(5-7-11)12-8-9-13(18-12)14(16)17;1-14(2,3)12-8-6-11(7-9-12)13-5-4-10-15-13/h4-9H,1-3H3,(H,16,17);4-10H,1-3H3. The Kier molecular flexibility index (Phi) is 7.61. The van der Waals surface area contributed by atoms with Crippen LogP contribution in [0.1, 0.15) is 62.3 Å².